The first kappa shape index (κ1) is 21.3. The number of amides is 2. The van der Waals surface area contributed by atoms with E-state index in [2.05, 4.69) is 40.1 Å². The molecular formula is C24H27N3O3S. The molecule has 0 aliphatic carbocycles. The molecule has 1 aromatic carbocycles. The second-order valence-corrected chi connectivity index (χ2v) is 9.41. The Labute approximate surface area is 186 Å². The van der Waals surface area contributed by atoms with Crippen LogP contribution in [-0.4, -0.2) is 42.0 Å². The summed E-state index contributed by atoms with van der Waals surface area (Å²) < 4.78 is 5.29. The molecule has 1 atom stereocenters. The first-order valence-electron chi connectivity index (χ1n) is 10.5. The van der Waals surface area contributed by atoms with Crippen molar-refractivity contribution in [2.45, 2.75) is 32.6 Å². The average molecular weight is 438 g/mol. The largest absolute Gasteiger partial charge is 0.359 e. The van der Waals surface area contributed by atoms with Crippen LogP contribution >= 0.6 is 11.3 Å². The van der Waals surface area contributed by atoms with Crippen LogP contribution in [0.15, 0.2) is 52.4 Å². The quantitative estimate of drug-likeness (QED) is 0.622. The zero-order valence-electron chi connectivity index (χ0n) is 18.1. The molecule has 7 heteroatoms. The summed E-state index contributed by atoms with van der Waals surface area (Å²) in [5.41, 5.74) is 2.32. The standard InChI is InChI=1S/C24H27N3O3S/c1-16(2)19-13-20(30-26-19)22(28)27-10-9-24(15-27,23(29)25-3)14-17-6-4-7-18(12-17)21-8-5-11-31-21/h4-8,11-13,16H,9-10,14-15H2,1-3H3,(H,25,29). The summed E-state index contributed by atoms with van der Waals surface area (Å²) in [6.07, 6.45) is 1.18. The highest BCUT2D eigenvalue weighted by molar-refractivity contribution is 7.13. The molecule has 0 bridgehead atoms. The smallest absolute Gasteiger partial charge is 0.292 e. The maximum absolute atomic E-state index is 13.0. The van der Waals surface area contributed by atoms with Gasteiger partial charge in [0.2, 0.25) is 11.7 Å². The lowest BCUT2D eigenvalue weighted by Gasteiger charge is -2.27. The lowest BCUT2D eigenvalue weighted by Crippen LogP contribution is -2.44. The number of hydrogen-bond acceptors (Lipinski definition) is 5. The molecule has 4 rings (SSSR count). The molecule has 31 heavy (non-hydrogen) atoms. The van der Waals surface area contributed by atoms with Gasteiger partial charge in [-0.15, -0.1) is 11.3 Å². The monoisotopic (exact) mass is 437 g/mol. The maximum Gasteiger partial charge on any atom is 0.292 e. The minimum absolute atomic E-state index is 0.0373. The van der Waals surface area contributed by atoms with Gasteiger partial charge in [0.15, 0.2) is 0 Å². The molecule has 0 radical (unpaired) electrons. The lowest BCUT2D eigenvalue weighted by atomic mass is 9.79. The first-order valence-corrected chi connectivity index (χ1v) is 11.4. The predicted octanol–water partition coefficient (Wildman–Crippen LogP) is 4.35. The third-order valence-electron chi connectivity index (χ3n) is 5.96. The van der Waals surface area contributed by atoms with E-state index < -0.39 is 5.41 Å². The van der Waals surface area contributed by atoms with Gasteiger partial charge in [0.25, 0.3) is 5.91 Å². The van der Waals surface area contributed by atoms with Gasteiger partial charge in [-0.05, 0) is 41.3 Å². The molecule has 162 valence electrons. The molecule has 1 aliphatic heterocycles. The second kappa shape index (κ2) is 8.67. The Balaban J connectivity index is 1.56. The summed E-state index contributed by atoms with van der Waals surface area (Å²) in [6.45, 7) is 4.87. The molecule has 1 unspecified atom stereocenters. The molecule has 1 aliphatic rings. The highest BCUT2D eigenvalue weighted by Crippen LogP contribution is 2.36. The van der Waals surface area contributed by atoms with Crippen LogP contribution in [0.3, 0.4) is 0 Å². The number of rotatable bonds is 6. The zero-order valence-corrected chi connectivity index (χ0v) is 18.9. The van der Waals surface area contributed by atoms with Crippen molar-refractivity contribution in [3.8, 4) is 10.4 Å². The molecule has 1 N–H and O–H groups in total. The van der Waals surface area contributed by atoms with E-state index in [-0.39, 0.29) is 23.5 Å². The van der Waals surface area contributed by atoms with Gasteiger partial charge >= 0.3 is 0 Å². The Morgan fingerprint density at radius 2 is 2.10 bits per heavy atom. The van der Waals surface area contributed by atoms with E-state index in [1.165, 1.54) is 4.88 Å². The van der Waals surface area contributed by atoms with E-state index in [1.807, 2.05) is 26.0 Å². The molecule has 3 heterocycles. The SMILES string of the molecule is CNC(=O)C1(Cc2cccc(-c3cccs3)c2)CCN(C(=O)c2cc(C(C)C)no2)C1. The van der Waals surface area contributed by atoms with Crippen molar-refractivity contribution in [2.75, 3.05) is 20.1 Å². The highest BCUT2D eigenvalue weighted by Gasteiger charge is 2.46. The van der Waals surface area contributed by atoms with E-state index in [0.29, 0.717) is 25.9 Å². The molecule has 6 nitrogen and oxygen atoms in total. The van der Waals surface area contributed by atoms with Crippen molar-refractivity contribution in [3.05, 3.63) is 64.9 Å². The number of hydrogen-bond donors (Lipinski definition) is 1. The van der Waals surface area contributed by atoms with Gasteiger partial charge in [-0.2, -0.15) is 0 Å². The molecule has 3 aromatic rings. The Morgan fingerprint density at radius 3 is 2.77 bits per heavy atom. The fraction of sp³-hybridized carbons (Fsp3) is 0.375. The van der Waals surface area contributed by atoms with Crippen molar-refractivity contribution in [1.82, 2.24) is 15.4 Å². The fourth-order valence-electron chi connectivity index (χ4n) is 4.21. The van der Waals surface area contributed by atoms with E-state index >= 15 is 0 Å². The topological polar surface area (TPSA) is 75.4 Å². The van der Waals surface area contributed by atoms with Crippen molar-refractivity contribution >= 4 is 23.2 Å². The van der Waals surface area contributed by atoms with Crippen LogP contribution in [-0.2, 0) is 11.2 Å². The molecule has 2 amide bonds. The summed E-state index contributed by atoms with van der Waals surface area (Å²) in [7, 11) is 1.65. The number of aromatic nitrogens is 1. The van der Waals surface area contributed by atoms with Crippen LogP contribution in [0.4, 0.5) is 0 Å². The fourth-order valence-corrected chi connectivity index (χ4v) is 4.93. The molecular weight excluding hydrogens is 410 g/mol. The Hall–Kier alpha value is -2.93. The third-order valence-corrected chi connectivity index (χ3v) is 6.87. The number of carbonyl (C=O) groups excluding carboxylic acids is 2. The summed E-state index contributed by atoms with van der Waals surface area (Å²) >= 11 is 1.69. The normalized spacial score (nSPS) is 18.5. The van der Waals surface area contributed by atoms with Crippen molar-refractivity contribution in [1.29, 1.82) is 0 Å². The summed E-state index contributed by atoms with van der Waals surface area (Å²) in [5, 5.41) is 8.87. The molecule has 1 fully saturated rings. The van der Waals surface area contributed by atoms with Crippen LogP contribution < -0.4 is 5.32 Å². The molecule has 1 saturated heterocycles. The first-order chi connectivity index (χ1) is 14.9. The Kier molecular flexibility index (Phi) is 5.96. The van der Waals surface area contributed by atoms with E-state index in [0.717, 1.165) is 16.8 Å². The highest BCUT2D eigenvalue weighted by atomic mass is 32.1. The van der Waals surface area contributed by atoms with Crippen molar-refractivity contribution in [2.24, 2.45) is 5.41 Å². The molecule has 0 saturated carbocycles. The predicted molar refractivity (Wildman–Crippen MR) is 121 cm³/mol. The molecule has 2 aromatic heterocycles. The number of likely N-dealkylation sites (tertiary alicyclic amines) is 1. The number of nitrogens with one attached hydrogen (secondary N) is 1. The van der Waals surface area contributed by atoms with Gasteiger partial charge in [-0.25, -0.2) is 0 Å². The van der Waals surface area contributed by atoms with E-state index in [4.69, 9.17) is 4.52 Å². The Morgan fingerprint density at radius 1 is 1.26 bits per heavy atom. The number of benzene rings is 1. The van der Waals surface area contributed by atoms with Crippen LogP contribution in [0.2, 0.25) is 0 Å². The second-order valence-electron chi connectivity index (χ2n) is 8.46. The minimum atomic E-state index is -0.667. The lowest BCUT2D eigenvalue weighted by molar-refractivity contribution is -0.129. The number of nitrogens with zero attached hydrogens (tertiary/aromatic N) is 2. The maximum atomic E-state index is 13.0. The van der Waals surface area contributed by atoms with E-state index in [9.17, 15) is 9.59 Å². The van der Waals surface area contributed by atoms with Crippen LogP contribution in [0.5, 0.6) is 0 Å². The van der Waals surface area contributed by atoms with Gasteiger partial charge in [0, 0.05) is 31.1 Å². The van der Waals surface area contributed by atoms with Crippen molar-refractivity contribution in [3.63, 3.8) is 0 Å². The summed E-state index contributed by atoms with van der Waals surface area (Å²) in [4.78, 5) is 28.9. The van der Waals surface area contributed by atoms with Crippen molar-refractivity contribution < 1.29 is 14.1 Å². The Bertz CT molecular complexity index is 1070. The average Bonchev–Trinajstić information content (AvgIpc) is 3.54. The number of carbonyl (C=O) groups is 2. The van der Waals surface area contributed by atoms with Gasteiger partial charge < -0.3 is 14.7 Å². The van der Waals surface area contributed by atoms with Gasteiger partial charge in [0.05, 0.1) is 11.1 Å². The van der Waals surface area contributed by atoms with Gasteiger partial charge in [-0.1, -0.05) is 49.3 Å². The summed E-state index contributed by atoms with van der Waals surface area (Å²) in [6, 6.07) is 14.1. The zero-order chi connectivity index (χ0) is 22.0. The van der Waals surface area contributed by atoms with Crippen LogP contribution in [0, 0.1) is 5.41 Å². The summed E-state index contributed by atoms with van der Waals surface area (Å²) in [5.74, 6) is 0.169. The molecule has 0 spiro atoms. The minimum Gasteiger partial charge on any atom is -0.359 e. The van der Waals surface area contributed by atoms with Crippen LogP contribution in [0.1, 0.15) is 48.0 Å². The van der Waals surface area contributed by atoms with Crippen LogP contribution in [0.25, 0.3) is 10.4 Å². The van der Waals surface area contributed by atoms with Gasteiger partial charge in [0.1, 0.15) is 0 Å². The third kappa shape index (κ3) is 4.28. The number of thiophene rings is 1. The van der Waals surface area contributed by atoms with E-state index in [1.54, 1.807) is 29.4 Å². The van der Waals surface area contributed by atoms with Gasteiger partial charge in [-0.3, -0.25) is 9.59 Å².